The summed E-state index contributed by atoms with van der Waals surface area (Å²) in [6, 6.07) is 0. The first kappa shape index (κ1) is 14.1. The predicted octanol–water partition coefficient (Wildman–Crippen LogP) is 1.09. The molecule has 0 aliphatic carbocycles. The van der Waals surface area contributed by atoms with Crippen LogP contribution in [0.15, 0.2) is 11.7 Å². The summed E-state index contributed by atoms with van der Waals surface area (Å²) in [4.78, 5) is 22.3. The third-order valence-corrected chi connectivity index (χ3v) is 3.47. The van der Waals surface area contributed by atoms with Gasteiger partial charge in [0.05, 0.1) is 9.93 Å². The molecule has 2 heterocycles. The van der Waals surface area contributed by atoms with Crippen LogP contribution in [0, 0.1) is 17.0 Å². The fourth-order valence-electron chi connectivity index (χ4n) is 1.59. The molecule has 10 heteroatoms. The van der Waals surface area contributed by atoms with Crippen LogP contribution in [0.3, 0.4) is 0 Å². The fraction of sp³-hybridized carbons (Fsp3) is 0.300. The van der Waals surface area contributed by atoms with E-state index in [-0.39, 0.29) is 17.3 Å². The van der Waals surface area contributed by atoms with Crippen molar-refractivity contribution in [2.75, 3.05) is 17.3 Å². The van der Waals surface area contributed by atoms with Crippen LogP contribution in [0.1, 0.15) is 10.7 Å². The van der Waals surface area contributed by atoms with Crippen molar-refractivity contribution < 1.29 is 4.92 Å². The average molecular weight is 295 g/mol. The second-order valence-electron chi connectivity index (χ2n) is 3.88. The Bertz CT molecular complexity index is 615. The van der Waals surface area contributed by atoms with E-state index in [0.717, 1.165) is 10.7 Å². The summed E-state index contributed by atoms with van der Waals surface area (Å²) >= 11 is 1.55. The Morgan fingerprint density at radius 1 is 1.45 bits per heavy atom. The molecule has 0 spiro atoms. The minimum atomic E-state index is -0.578. The molecule has 9 nitrogen and oxygen atoms in total. The molecular weight excluding hydrogens is 282 g/mol. The van der Waals surface area contributed by atoms with Gasteiger partial charge in [-0.25, -0.2) is 20.8 Å². The first-order valence-electron chi connectivity index (χ1n) is 5.72. The zero-order valence-corrected chi connectivity index (χ0v) is 11.5. The molecule has 0 aliphatic heterocycles. The van der Waals surface area contributed by atoms with Gasteiger partial charge in [-0.2, -0.15) is 0 Å². The highest BCUT2D eigenvalue weighted by Gasteiger charge is 2.21. The SMILES string of the molecule is Cc1csc(CCNc2ncnc(NN)c2[N+](=O)[O-])n1. The summed E-state index contributed by atoms with van der Waals surface area (Å²) in [6.45, 7) is 2.40. The lowest BCUT2D eigenvalue weighted by atomic mass is 10.4. The van der Waals surface area contributed by atoms with Crippen molar-refractivity contribution >= 4 is 28.7 Å². The van der Waals surface area contributed by atoms with Crippen molar-refractivity contribution in [2.24, 2.45) is 5.84 Å². The largest absolute Gasteiger partial charge is 0.364 e. The maximum Gasteiger partial charge on any atom is 0.354 e. The van der Waals surface area contributed by atoms with Crippen molar-refractivity contribution in [1.82, 2.24) is 15.0 Å². The van der Waals surface area contributed by atoms with Crippen molar-refractivity contribution in [1.29, 1.82) is 0 Å². The number of aromatic nitrogens is 3. The van der Waals surface area contributed by atoms with Gasteiger partial charge < -0.3 is 10.7 Å². The minimum absolute atomic E-state index is 0.0300. The first-order valence-corrected chi connectivity index (χ1v) is 6.60. The summed E-state index contributed by atoms with van der Waals surface area (Å²) < 4.78 is 0. The normalized spacial score (nSPS) is 10.3. The summed E-state index contributed by atoms with van der Waals surface area (Å²) in [6.07, 6.45) is 1.86. The van der Waals surface area contributed by atoms with Crippen LogP contribution in [0.5, 0.6) is 0 Å². The molecule has 0 saturated heterocycles. The molecule has 2 aromatic rings. The van der Waals surface area contributed by atoms with Crippen LogP contribution in [-0.2, 0) is 6.42 Å². The zero-order chi connectivity index (χ0) is 14.5. The Balaban J connectivity index is 2.07. The van der Waals surface area contributed by atoms with E-state index in [2.05, 4.69) is 25.7 Å². The molecule has 0 saturated carbocycles. The zero-order valence-electron chi connectivity index (χ0n) is 10.7. The smallest absolute Gasteiger partial charge is 0.354 e. The van der Waals surface area contributed by atoms with Crippen LogP contribution in [0.25, 0.3) is 0 Å². The van der Waals surface area contributed by atoms with Crippen LogP contribution in [0.4, 0.5) is 17.3 Å². The quantitative estimate of drug-likeness (QED) is 0.410. The maximum absolute atomic E-state index is 11.0. The van der Waals surface area contributed by atoms with E-state index in [0.29, 0.717) is 13.0 Å². The molecule has 2 rings (SSSR count). The molecule has 0 radical (unpaired) electrons. The lowest BCUT2D eigenvalue weighted by Crippen LogP contribution is -2.14. The molecule has 106 valence electrons. The lowest BCUT2D eigenvalue weighted by molar-refractivity contribution is -0.383. The van der Waals surface area contributed by atoms with E-state index in [9.17, 15) is 10.1 Å². The number of nitro groups is 1. The molecule has 0 aromatic carbocycles. The topological polar surface area (TPSA) is 132 Å². The maximum atomic E-state index is 11.0. The number of nitrogen functional groups attached to an aromatic ring is 1. The Hall–Kier alpha value is -2.33. The monoisotopic (exact) mass is 295 g/mol. The molecule has 0 unspecified atom stereocenters. The predicted molar refractivity (Wildman–Crippen MR) is 75.5 cm³/mol. The second kappa shape index (κ2) is 6.21. The molecule has 0 fully saturated rings. The van der Waals surface area contributed by atoms with Crippen molar-refractivity contribution in [3.63, 3.8) is 0 Å². The van der Waals surface area contributed by atoms with E-state index < -0.39 is 4.92 Å². The lowest BCUT2D eigenvalue weighted by Gasteiger charge is -2.07. The third kappa shape index (κ3) is 3.16. The van der Waals surface area contributed by atoms with E-state index >= 15 is 0 Å². The van der Waals surface area contributed by atoms with Crippen LogP contribution >= 0.6 is 11.3 Å². The minimum Gasteiger partial charge on any atom is -0.364 e. The molecule has 4 N–H and O–H groups in total. The van der Waals surface area contributed by atoms with E-state index in [1.807, 2.05) is 12.3 Å². The highest BCUT2D eigenvalue weighted by Crippen LogP contribution is 2.27. The molecule has 0 bridgehead atoms. The van der Waals surface area contributed by atoms with Gasteiger partial charge in [0.25, 0.3) is 0 Å². The first-order chi connectivity index (χ1) is 9.61. The number of hydrazine groups is 1. The summed E-state index contributed by atoms with van der Waals surface area (Å²) in [5.74, 6) is 5.30. The number of rotatable bonds is 6. The Kier molecular flexibility index (Phi) is 4.38. The standard InChI is InChI=1S/C10H13N7O2S/c1-6-4-20-7(15-6)2-3-12-9-8(17(18)19)10(16-11)14-5-13-9/h4-5H,2-3,11H2,1H3,(H2,12,13,14,16). The van der Waals surface area contributed by atoms with Crippen molar-refractivity contribution in [3.8, 4) is 0 Å². The Morgan fingerprint density at radius 3 is 2.80 bits per heavy atom. The van der Waals surface area contributed by atoms with Gasteiger partial charge in [0.15, 0.2) is 0 Å². The van der Waals surface area contributed by atoms with E-state index in [4.69, 9.17) is 5.84 Å². The van der Waals surface area contributed by atoms with Crippen LogP contribution in [0.2, 0.25) is 0 Å². The van der Waals surface area contributed by atoms with Gasteiger partial charge in [-0.3, -0.25) is 10.1 Å². The third-order valence-electron chi connectivity index (χ3n) is 2.44. The van der Waals surface area contributed by atoms with Crippen molar-refractivity contribution in [3.05, 3.63) is 32.5 Å². The number of hydrogen-bond donors (Lipinski definition) is 3. The van der Waals surface area contributed by atoms with Crippen molar-refractivity contribution in [2.45, 2.75) is 13.3 Å². The Labute approximate surface area is 118 Å². The van der Waals surface area contributed by atoms with E-state index in [1.54, 1.807) is 11.3 Å². The number of nitrogens with two attached hydrogens (primary N) is 1. The summed E-state index contributed by atoms with van der Waals surface area (Å²) in [5, 5.41) is 16.8. The van der Waals surface area contributed by atoms with E-state index in [1.165, 1.54) is 6.33 Å². The van der Waals surface area contributed by atoms with Gasteiger partial charge in [0, 0.05) is 24.0 Å². The Morgan fingerprint density at radius 2 is 2.20 bits per heavy atom. The average Bonchev–Trinajstić information content (AvgIpc) is 2.83. The van der Waals surface area contributed by atoms with Crippen LogP contribution in [-0.4, -0.2) is 26.4 Å². The highest BCUT2D eigenvalue weighted by atomic mass is 32.1. The van der Waals surface area contributed by atoms with Gasteiger partial charge in [0.2, 0.25) is 11.6 Å². The highest BCUT2D eigenvalue weighted by molar-refractivity contribution is 7.09. The molecule has 20 heavy (non-hydrogen) atoms. The van der Waals surface area contributed by atoms with Gasteiger partial charge in [-0.15, -0.1) is 11.3 Å². The molecule has 0 aliphatic rings. The second-order valence-corrected chi connectivity index (χ2v) is 4.82. The number of hydrogen-bond acceptors (Lipinski definition) is 9. The summed E-state index contributed by atoms with van der Waals surface area (Å²) in [5.41, 5.74) is 2.88. The van der Waals surface area contributed by atoms with Gasteiger partial charge >= 0.3 is 5.69 Å². The summed E-state index contributed by atoms with van der Waals surface area (Å²) in [7, 11) is 0. The molecular formula is C10H13N7O2S. The van der Waals surface area contributed by atoms with Gasteiger partial charge in [0.1, 0.15) is 6.33 Å². The molecule has 0 atom stereocenters. The molecule has 2 aromatic heterocycles. The number of nitrogens with zero attached hydrogens (tertiary/aromatic N) is 4. The fourth-order valence-corrected chi connectivity index (χ4v) is 2.37. The van der Waals surface area contributed by atoms with Gasteiger partial charge in [-0.1, -0.05) is 0 Å². The van der Waals surface area contributed by atoms with Crippen LogP contribution < -0.4 is 16.6 Å². The van der Waals surface area contributed by atoms with Gasteiger partial charge in [-0.05, 0) is 6.92 Å². The number of thiazole rings is 1. The number of nitrogens with one attached hydrogen (secondary N) is 2. The molecule has 0 amide bonds. The number of anilines is 2. The number of aryl methyl sites for hydroxylation is 1.